The molecule has 0 bridgehead atoms. The lowest BCUT2D eigenvalue weighted by atomic mass is 10.1. The van der Waals surface area contributed by atoms with Crippen LogP contribution in [0.3, 0.4) is 0 Å². The highest BCUT2D eigenvalue weighted by molar-refractivity contribution is 5.93. The van der Waals surface area contributed by atoms with Crippen molar-refractivity contribution in [2.75, 3.05) is 47.4 Å². The molecule has 2 N–H and O–H groups in total. The van der Waals surface area contributed by atoms with E-state index in [-0.39, 0.29) is 5.91 Å². The minimum Gasteiger partial charge on any atom is -0.379 e. The highest BCUT2D eigenvalue weighted by atomic mass is 16.5. The Kier molecular flexibility index (Phi) is 8.44. The fourth-order valence-electron chi connectivity index (χ4n) is 3.47. The van der Waals surface area contributed by atoms with E-state index in [1.807, 2.05) is 24.3 Å². The number of amides is 1. The minimum atomic E-state index is 0.00726. The topological polar surface area (TPSA) is 69.2 Å². The van der Waals surface area contributed by atoms with E-state index in [1.165, 1.54) is 11.1 Å². The molecule has 1 saturated heterocycles. The molecule has 31 heavy (non-hydrogen) atoms. The number of carbonyl (C=O) groups is 1. The molecule has 0 atom stereocenters. The van der Waals surface area contributed by atoms with Gasteiger partial charge in [0.25, 0.3) is 5.91 Å². The molecule has 1 amide bonds. The van der Waals surface area contributed by atoms with Crippen LogP contribution < -0.4 is 10.6 Å². The van der Waals surface area contributed by atoms with Crippen molar-refractivity contribution < 1.29 is 9.53 Å². The van der Waals surface area contributed by atoms with Crippen LogP contribution in [0.5, 0.6) is 0 Å². The summed E-state index contributed by atoms with van der Waals surface area (Å²) in [6.45, 7) is 5.90. The van der Waals surface area contributed by atoms with Gasteiger partial charge < -0.3 is 20.3 Å². The van der Waals surface area contributed by atoms with Crippen molar-refractivity contribution in [1.82, 2.24) is 20.4 Å². The summed E-state index contributed by atoms with van der Waals surface area (Å²) < 4.78 is 5.43. The summed E-state index contributed by atoms with van der Waals surface area (Å²) in [5, 5.41) is 6.70. The van der Waals surface area contributed by atoms with Gasteiger partial charge in [0.05, 0.1) is 13.2 Å². The summed E-state index contributed by atoms with van der Waals surface area (Å²) in [6, 6.07) is 16.3. The first-order valence-corrected chi connectivity index (χ1v) is 10.7. The standard InChI is InChI=1S/C24H33N5O2/c1-25-24(26-16-19-7-9-22(10-8-19)23(30)28(2)3)27-17-20-5-4-6-21(15-20)18-29-11-13-31-14-12-29/h4-10,15H,11-14,16-18H2,1-3H3,(H2,25,26,27). The van der Waals surface area contributed by atoms with Crippen LogP contribution in [-0.2, 0) is 24.4 Å². The number of rotatable bonds is 7. The molecule has 0 spiro atoms. The van der Waals surface area contributed by atoms with Gasteiger partial charge in [-0.3, -0.25) is 14.7 Å². The van der Waals surface area contributed by atoms with Crippen LogP contribution in [0.4, 0.5) is 0 Å². The van der Waals surface area contributed by atoms with E-state index in [4.69, 9.17) is 4.74 Å². The van der Waals surface area contributed by atoms with Gasteiger partial charge in [-0.2, -0.15) is 0 Å². The van der Waals surface area contributed by atoms with Crippen molar-refractivity contribution in [3.05, 3.63) is 70.8 Å². The molecule has 0 aliphatic carbocycles. The van der Waals surface area contributed by atoms with Gasteiger partial charge in [0.2, 0.25) is 0 Å². The molecular formula is C24H33N5O2. The summed E-state index contributed by atoms with van der Waals surface area (Å²) in [5.74, 6) is 0.750. The maximum Gasteiger partial charge on any atom is 0.253 e. The van der Waals surface area contributed by atoms with Gasteiger partial charge in [-0.15, -0.1) is 0 Å². The Labute approximate surface area is 185 Å². The molecule has 166 valence electrons. The molecule has 1 aliphatic rings. The molecule has 7 nitrogen and oxygen atoms in total. The fourth-order valence-corrected chi connectivity index (χ4v) is 3.47. The van der Waals surface area contributed by atoms with Crippen molar-refractivity contribution in [1.29, 1.82) is 0 Å². The quantitative estimate of drug-likeness (QED) is 0.527. The van der Waals surface area contributed by atoms with Crippen molar-refractivity contribution in [3.8, 4) is 0 Å². The largest absolute Gasteiger partial charge is 0.379 e. The Morgan fingerprint density at radius 2 is 1.65 bits per heavy atom. The predicted octanol–water partition coefficient (Wildman–Crippen LogP) is 2.09. The lowest BCUT2D eigenvalue weighted by Gasteiger charge is -2.26. The molecule has 2 aromatic rings. The van der Waals surface area contributed by atoms with Crippen LogP contribution in [0.1, 0.15) is 27.0 Å². The Morgan fingerprint density at radius 1 is 1.00 bits per heavy atom. The summed E-state index contributed by atoms with van der Waals surface area (Å²) in [4.78, 5) is 20.3. The van der Waals surface area contributed by atoms with Crippen molar-refractivity contribution in [2.45, 2.75) is 19.6 Å². The van der Waals surface area contributed by atoms with Crippen molar-refractivity contribution >= 4 is 11.9 Å². The summed E-state index contributed by atoms with van der Waals surface area (Å²) >= 11 is 0. The number of guanidine groups is 1. The molecule has 0 aromatic heterocycles. The van der Waals surface area contributed by atoms with Crippen LogP contribution in [-0.4, -0.2) is 69.1 Å². The number of hydrogen-bond acceptors (Lipinski definition) is 4. The molecule has 1 heterocycles. The Hall–Kier alpha value is -2.90. The number of carbonyl (C=O) groups excluding carboxylic acids is 1. The number of hydrogen-bond donors (Lipinski definition) is 2. The number of ether oxygens (including phenoxy) is 1. The van der Waals surface area contributed by atoms with Crippen LogP contribution in [0, 0.1) is 0 Å². The third-order valence-electron chi connectivity index (χ3n) is 5.25. The zero-order valence-corrected chi connectivity index (χ0v) is 18.7. The van der Waals surface area contributed by atoms with Gasteiger partial charge in [0.15, 0.2) is 5.96 Å². The van der Waals surface area contributed by atoms with Crippen LogP contribution in [0.2, 0.25) is 0 Å². The number of nitrogens with zero attached hydrogens (tertiary/aromatic N) is 3. The monoisotopic (exact) mass is 423 g/mol. The number of morpholine rings is 1. The van der Waals surface area contributed by atoms with Crippen LogP contribution >= 0.6 is 0 Å². The molecule has 0 unspecified atom stereocenters. The van der Waals surface area contributed by atoms with Gasteiger partial charge in [0, 0.05) is 59.4 Å². The Bertz CT molecular complexity index is 874. The third kappa shape index (κ3) is 7.08. The zero-order chi connectivity index (χ0) is 22.1. The second kappa shape index (κ2) is 11.5. The van der Waals surface area contributed by atoms with E-state index in [9.17, 15) is 4.79 Å². The van der Waals surface area contributed by atoms with Gasteiger partial charge in [-0.1, -0.05) is 36.4 Å². The first-order valence-electron chi connectivity index (χ1n) is 10.7. The first kappa shape index (κ1) is 22.8. The van der Waals surface area contributed by atoms with Gasteiger partial charge >= 0.3 is 0 Å². The Morgan fingerprint density at radius 3 is 2.29 bits per heavy atom. The lowest BCUT2D eigenvalue weighted by molar-refractivity contribution is 0.0342. The highest BCUT2D eigenvalue weighted by Crippen LogP contribution is 2.10. The summed E-state index contributed by atoms with van der Waals surface area (Å²) in [5.41, 5.74) is 4.32. The van der Waals surface area contributed by atoms with E-state index in [2.05, 4.69) is 44.8 Å². The van der Waals surface area contributed by atoms with E-state index in [0.29, 0.717) is 18.7 Å². The molecule has 0 radical (unpaired) electrons. The minimum absolute atomic E-state index is 0.00726. The SMILES string of the molecule is CN=C(NCc1ccc(C(=O)N(C)C)cc1)NCc1cccc(CN2CCOCC2)c1. The molecule has 2 aromatic carbocycles. The van der Waals surface area contributed by atoms with Gasteiger partial charge in [0.1, 0.15) is 0 Å². The molecular weight excluding hydrogens is 390 g/mol. The molecule has 1 fully saturated rings. The van der Waals surface area contributed by atoms with E-state index in [0.717, 1.165) is 44.4 Å². The normalized spacial score (nSPS) is 14.9. The second-order valence-electron chi connectivity index (χ2n) is 7.88. The lowest BCUT2D eigenvalue weighted by Crippen LogP contribution is -2.36. The predicted molar refractivity (Wildman–Crippen MR) is 124 cm³/mol. The second-order valence-corrected chi connectivity index (χ2v) is 7.88. The average Bonchev–Trinajstić information content (AvgIpc) is 2.80. The highest BCUT2D eigenvalue weighted by Gasteiger charge is 2.11. The average molecular weight is 424 g/mol. The summed E-state index contributed by atoms with van der Waals surface area (Å²) in [6.07, 6.45) is 0. The van der Waals surface area contributed by atoms with E-state index >= 15 is 0 Å². The van der Waals surface area contributed by atoms with Crippen LogP contribution in [0.25, 0.3) is 0 Å². The summed E-state index contributed by atoms with van der Waals surface area (Å²) in [7, 11) is 5.28. The number of aliphatic imine (C=N–C) groups is 1. The number of nitrogens with one attached hydrogen (secondary N) is 2. The molecule has 7 heteroatoms. The maximum absolute atomic E-state index is 12.0. The Balaban J connectivity index is 1.48. The first-order chi connectivity index (χ1) is 15.0. The van der Waals surface area contributed by atoms with Crippen molar-refractivity contribution in [3.63, 3.8) is 0 Å². The molecule has 1 aliphatic heterocycles. The van der Waals surface area contributed by atoms with Gasteiger partial charge in [-0.05, 0) is 28.8 Å². The number of benzene rings is 2. The van der Waals surface area contributed by atoms with E-state index < -0.39 is 0 Å². The fraction of sp³-hybridized carbons (Fsp3) is 0.417. The molecule has 0 saturated carbocycles. The van der Waals surface area contributed by atoms with Crippen LogP contribution in [0.15, 0.2) is 53.5 Å². The van der Waals surface area contributed by atoms with E-state index in [1.54, 1.807) is 26.0 Å². The maximum atomic E-state index is 12.0. The molecule has 3 rings (SSSR count). The van der Waals surface area contributed by atoms with Crippen molar-refractivity contribution in [2.24, 2.45) is 4.99 Å². The zero-order valence-electron chi connectivity index (χ0n) is 18.7. The van der Waals surface area contributed by atoms with Gasteiger partial charge in [-0.25, -0.2) is 0 Å². The smallest absolute Gasteiger partial charge is 0.253 e. The third-order valence-corrected chi connectivity index (χ3v) is 5.25.